The van der Waals surface area contributed by atoms with E-state index in [0.717, 1.165) is 12.5 Å². The number of hydrogen-bond acceptors (Lipinski definition) is 7. The Bertz CT molecular complexity index is 493. The Hall–Kier alpha value is 0.354. The van der Waals surface area contributed by atoms with E-state index in [-0.39, 0.29) is 0 Å². The molecule has 0 aromatic carbocycles. The maximum Gasteiger partial charge on any atom is 0.314 e. The van der Waals surface area contributed by atoms with Crippen molar-refractivity contribution < 1.29 is 30.7 Å². The Morgan fingerprint density at radius 3 is 1.59 bits per heavy atom. The second-order valence-corrected chi connectivity index (χ2v) is 30.1. The quantitative estimate of drug-likeness (QED) is 0.171. The monoisotopic (exact) mass is 500 g/mol. The fourth-order valence-corrected chi connectivity index (χ4v) is 27.3. The van der Waals surface area contributed by atoms with Gasteiger partial charge in [-0.3, -0.25) is 4.79 Å². The Labute approximate surface area is 183 Å². The molecule has 0 rings (SSSR count). The maximum atomic E-state index is 10.1. The fourth-order valence-electron chi connectivity index (χ4n) is 3.56. The molecule has 0 aliphatic heterocycles. The molecule has 7 nitrogen and oxygen atoms in total. The molecule has 0 unspecified atom stereocenters. The highest BCUT2D eigenvalue weighted by Crippen LogP contribution is 2.27. The molecule has 29 heavy (non-hydrogen) atoms. The van der Waals surface area contributed by atoms with E-state index in [1.807, 2.05) is 0 Å². The van der Waals surface area contributed by atoms with Crippen LogP contribution in [0.3, 0.4) is 0 Å². The third-order valence-corrected chi connectivity index (χ3v) is 21.6. The molecule has 0 heterocycles. The van der Waals surface area contributed by atoms with Crippen molar-refractivity contribution in [2.24, 2.45) is 0 Å². The van der Waals surface area contributed by atoms with Crippen molar-refractivity contribution in [2.75, 3.05) is 19.8 Å². The second-order valence-electron chi connectivity index (χ2n) is 10.2. The SMILES string of the molecule is C[Si](C)(C)O[Si](C)(C)O[Si](C)(C)O[Si](C)(C)O[Si](C)(C)CCCOCCOC=O. The topological polar surface area (TPSA) is 72.5 Å². The Kier molecular flexibility index (Phi) is 12.0. The predicted molar refractivity (Wildman–Crippen MR) is 130 cm³/mol. The van der Waals surface area contributed by atoms with Crippen molar-refractivity contribution >= 4 is 48.8 Å². The minimum atomic E-state index is -2.38. The molecule has 0 saturated carbocycles. The van der Waals surface area contributed by atoms with Crippen LogP contribution in [-0.4, -0.2) is 68.6 Å². The number of carbonyl (C=O) groups is 1. The highest BCUT2D eigenvalue weighted by molar-refractivity contribution is 6.90. The van der Waals surface area contributed by atoms with Crippen molar-refractivity contribution in [2.45, 2.75) is 84.5 Å². The third-order valence-electron chi connectivity index (χ3n) is 3.54. The molecule has 0 N–H and O–H groups in total. The van der Waals surface area contributed by atoms with E-state index in [1.54, 1.807) is 0 Å². The van der Waals surface area contributed by atoms with E-state index in [0.29, 0.717) is 26.3 Å². The van der Waals surface area contributed by atoms with E-state index in [2.05, 4.69) is 76.8 Å². The predicted octanol–water partition coefficient (Wildman–Crippen LogP) is 4.78. The number of ether oxygens (including phenoxy) is 2. The van der Waals surface area contributed by atoms with Crippen LogP contribution >= 0.6 is 0 Å². The molecule has 174 valence electrons. The largest absolute Gasteiger partial charge is 0.465 e. The molecular formula is C17H44O7Si5. The van der Waals surface area contributed by atoms with Gasteiger partial charge in [0.2, 0.25) is 0 Å². The zero-order valence-electron chi connectivity index (χ0n) is 20.5. The highest BCUT2D eigenvalue weighted by atomic mass is 28.5. The van der Waals surface area contributed by atoms with E-state index >= 15 is 0 Å². The molecular weight excluding hydrogens is 457 g/mol. The van der Waals surface area contributed by atoms with Crippen LogP contribution in [0.1, 0.15) is 6.42 Å². The molecule has 0 aromatic heterocycles. The van der Waals surface area contributed by atoms with Crippen LogP contribution in [0, 0.1) is 0 Å². The van der Waals surface area contributed by atoms with Crippen molar-refractivity contribution in [3.8, 4) is 0 Å². The summed E-state index contributed by atoms with van der Waals surface area (Å²) in [6, 6.07) is 0.989. The van der Waals surface area contributed by atoms with Gasteiger partial charge >= 0.3 is 25.7 Å². The third kappa shape index (κ3) is 16.7. The van der Waals surface area contributed by atoms with Crippen LogP contribution in [-0.2, 0) is 30.7 Å². The first-order valence-electron chi connectivity index (χ1n) is 10.3. The summed E-state index contributed by atoms with van der Waals surface area (Å²) < 4.78 is 36.0. The van der Waals surface area contributed by atoms with Gasteiger partial charge in [-0.1, -0.05) is 0 Å². The van der Waals surface area contributed by atoms with Crippen molar-refractivity contribution in [1.29, 1.82) is 0 Å². The fraction of sp³-hybridized carbons (Fsp3) is 0.941. The van der Waals surface area contributed by atoms with E-state index in [9.17, 15) is 4.79 Å². The Morgan fingerprint density at radius 2 is 1.10 bits per heavy atom. The van der Waals surface area contributed by atoms with Crippen LogP contribution in [0.15, 0.2) is 0 Å². The summed E-state index contributed by atoms with van der Waals surface area (Å²) >= 11 is 0. The first-order chi connectivity index (χ1) is 12.9. The first-order valence-corrected chi connectivity index (χ1v) is 25.3. The lowest BCUT2D eigenvalue weighted by Gasteiger charge is -2.42. The van der Waals surface area contributed by atoms with Crippen molar-refractivity contribution in [3.05, 3.63) is 0 Å². The Balaban J connectivity index is 4.60. The summed E-state index contributed by atoms with van der Waals surface area (Å²) in [5.41, 5.74) is 0. The molecule has 0 spiro atoms. The molecule has 0 aliphatic rings. The summed E-state index contributed by atoms with van der Waals surface area (Å²) in [5.74, 6) is 0. The van der Waals surface area contributed by atoms with Crippen molar-refractivity contribution in [3.63, 3.8) is 0 Å². The van der Waals surface area contributed by atoms with Gasteiger partial charge in [-0.05, 0) is 84.5 Å². The van der Waals surface area contributed by atoms with Crippen LogP contribution in [0.25, 0.3) is 0 Å². The highest BCUT2D eigenvalue weighted by Gasteiger charge is 2.44. The second kappa shape index (κ2) is 11.8. The maximum absolute atomic E-state index is 10.1. The Morgan fingerprint density at radius 1 is 0.621 bits per heavy atom. The minimum Gasteiger partial charge on any atom is -0.465 e. The van der Waals surface area contributed by atoms with Crippen LogP contribution in [0.5, 0.6) is 0 Å². The van der Waals surface area contributed by atoms with Gasteiger partial charge in [0.15, 0.2) is 16.6 Å². The van der Waals surface area contributed by atoms with Crippen LogP contribution in [0.4, 0.5) is 0 Å². The normalized spacial score (nSPS) is 14.2. The number of rotatable bonds is 16. The lowest BCUT2D eigenvalue weighted by Crippen LogP contribution is -2.58. The summed E-state index contributed by atoms with van der Waals surface area (Å²) in [6.07, 6.45) is 0.923. The standard InChI is InChI=1S/C17H44O7Si5/c1-25(2,3)21-27(6,7)23-29(10,11)24-28(8,9)22-26(4,5)16-12-13-19-14-15-20-17-18/h17H,12-16H2,1-11H3. The molecule has 0 aliphatic carbocycles. The summed E-state index contributed by atoms with van der Waals surface area (Å²) in [7, 11) is -10.5. The van der Waals surface area contributed by atoms with Crippen LogP contribution in [0.2, 0.25) is 78.1 Å². The zero-order valence-corrected chi connectivity index (χ0v) is 25.5. The lowest BCUT2D eigenvalue weighted by atomic mass is 10.5. The summed E-state index contributed by atoms with van der Waals surface area (Å²) in [4.78, 5) is 10.1. The smallest absolute Gasteiger partial charge is 0.314 e. The number of carbonyl (C=O) groups excluding carboxylic acids is 1. The van der Waals surface area contributed by atoms with Gasteiger partial charge in [0.25, 0.3) is 6.47 Å². The van der Waals surface area contributed by atoms with Gasteiger partial charge in [0.05, 0.1) is 6.61 Å². The van der Waals surface area contributed by atoms with E-state index < -0.39 is 42.3 Å². The zero-order chi connectivity index (χ0) is 23.0. The molecule has 0 bridgehead atoms. The average Bonchev–Trinajstić information content (AvgIpc) is 2.39. The number of hydrogen-bond donors (Lipinski definition) is 0. The lowest BCUT2D eigenvalue weighted by molar-refractivity contribution is -0.130. The molecule has 12 heteroatoms. The van der Waals surface area contributed by atoms with Gasteiger partial charge in [0, 0.05) is 6.61 Å². The summed E-state index contributed by atoms with van der Waals surface area (Å²) in [6.45, 7) is 25.5. The van der Waals surface area contributed by atoms with Gasteiger partial charge in [-0.25, -0.2) is 0 Å². The molecule has 0 atom stereocenters. The molecule has 0 radical (unpaired) electrons. The van der Waals surface area contributed by atoms with Crippen molar-refractivity contribution in [1.82, 2.24) is 0 Å². The van der Waals surface area contributed by atoms with Gasteiger partial charge < -0.3 is 25.9 Å². The van der Waals surface area contributed by atoms with Gasteiger partial charge in [0.1, 0.15) is 6.61 Å². The van der Waals surface area contributed by atoms with E-state index in [1.165, 1.54) is 0 Å². The van der Waals surface area contributed by atoms with E-state index in [4.69, 9.17) is 21.2 Å². The van der Waals surface area contributed by atoms with Gasteiger partial charge in [-0.2, -0.15) is 0 Å². The van der Waals surface area contributed by atoms with Crippen LogP contribution < -0.4 is 0 Å². The first kappa shape index (κ1) is 29.4. The summed E-state index contributed by atoms with van der Waals surface area (Å²) in [5, 5.41) is 0. The average molecular weight is 501 g/mol. The molecule has 0 amide bonds. The molecule has 0 aromatic rings. The molecule has 0 fully saturated rings. The molecule has 0 saturated heterocycles. The minimum absolute atomic E-state index is 0.301. The van der Waals surface area contributed by atoms with Gasteiger partial charge in [-0.15, -0.1) is 0 Å².